The van der Waals surface area contributed by atoms with Crippen LogP contribution in [0.1, 0.15) is 22.8 Å². The summed E-state index contributed by atoms with van der Waals surface area (Å²) in [5, 5.41) is 22.7. The Morgan fingerprint density at radius 3 is 2.55 bits per heavy atom. The lowest BCUT2D eigenvalue weighted by Gasteiger charge is -2.03. The molecule has 0 unspecified atom stereocenters. The normalized spacial score (nSPS) is 11.6. The fraction of sp³-hybridized carbons (Fsp3) is 0.0588. The molecule has 0 bridgehead atoms. The van der Waals surface area contributed by atoms with E-state index in [1.807, 2.05) is 36.4 Å². The van der Waals surface area contributed by atoms with Gasteiger partial charge in [-0.15, -0.1) is 0 Å². The molecule has 0 fully saturated rings. The molecule has 5 nitrogen and oxygen atoms in total. The van der Waals surface area contributed by atoms with E-state index in [1.54, 1.807) is 13.0 Å². The first-order valence-corrected chi connectivity index (χ1v) is 6.66. The summed E-state index contributed by atoms with van der Waals surface area (Å²) >= 11 is 0. The van der Waals surface area contributed by atoms with Crippen molar-refractivity contribution in [3.63, 3.8) is 0 Å². The predicted molar refractivity (Wildman–Crippen MR) is 85.8 cm³/mol. The highest BCUT2D eigenvalue weighted by atomic mass is 16.3. The lowest BCUT2D eigenvalue weighted by molar-refractivity contribution is 0.0952. The zero-order chi connectivity index (χ0) is 15.9. The number of rotatable bonds is 4. The number of nitrogens with one attached hydrogen (secondary N) is 1. The summed E-state index contributed by atoms with van der Waals surface area (Å²) in [5.74, 6) is -0.963. The molecule has 3 N–H and O–H groups in total. The molecule has 5 heteroatoms. The van der Waals surface area contributed by atoms with Crippen LogP contribution < -0.4 is 5.43 Å². The van der Waals surface area contributed by atoms with Crippen molar-refractivity contribution in [1.82, 2.24) is 5.43 Å². The number of phenolic OH excluding ortho intramolecular Hbond substituents is 2. The number of carbonyl (C=O) groups is 1. The van der Waals surface area contributed by atoms with Crippen molar-refractivity contribution < 1.29 is 15.0 Å². The van der Waals surface area contributed by atoms with Crippen molar-refractivity contribution in [2.24, 2.45) is 5.10 Å². The summed E-state index contributed by atoms with van der Waals surface area (Å²) in [5.41, 5.74) is 4.03. The number of phenols is 2. The summed E-state index contributed by atoms with van der Waals surface area (Å²) in [6, 6.07) is 13.4. The molecule has 0 saturated heterocycles. The third-order valence-electron chi connectivity index (χ3n) is 2.88. The van der Waals surface area contributed by atoms with Crippen LogP contribution in [-0.2, 0) is 0 Å². The third-order valence-corrected chi connectivity index (χ3v) is 2.88. The standard InChI is InChI=1S/C17H16N2O3/c1-12(7-8-13-5-3-2-4-6-13)18-19-17(22)15-10-9-14(20)11-16(15)21/h2-11,20-21H,1H3,(H,19,22)/b8-7+,18-12+. The fourth-order valence-corrected chi connectivity index (χ4v) is 1.73. The summed E-state index contributed by atoms with van der Waals surface area (Å²) in [6.45, 7) is 1.75. The third kappa shape index (κ3) is 4.21. The lowest BCUT2D eigenvalue weighted by Crippen LogP contribution is -2.18. The van der Waals surface area contributed by atoms with Gasteiger partial charge in [0.15, 0.2) is 0 Å². The summed E-state index contributed by atoms with van der Waals surface area (Å²) in [6.07, 6.45) is 3.65. The van der Waals surface area contributed by atoms with Gasteiger partial charge in [0.2, 0.25) is 0 Å². The maximum absolute atomic E-state index is 11.9. The van der Waals surface area contributed by atoms with Gasteiger partial charge in [0, 0.05) is 6.07 Å². The molecule has 0 atom stereocenters. The first-order valence-electron chi connectivity index (χ1n) is 6.66. The molecule has 0 aliphatic rings. The van der Waals surface area contributed by atoms with Gasteiger partial charge >= 0.3 is 0 Å². The van der Waals surface area contributed by atoms with E-state index in [9.17, 15) is 15.0 Å². The van der Waals surface area contributed by atoms with Crippen LogP contribution in [0.4, 0.5) is 0 Å². The Bertz CT molecular complexity index is 722. The Morgan fingerprint density at radius 2 is 1.86 bits per heavy atom. The van der Waals surface area contributed by atoms with Gasteiger partial charge in [-0.3, -0.25) is 4.79 Å². The minimum Gasteiger partial charge on any atom is -0.508 e. The van der Waals surface area contributed by atoms with E-state index in [4.69, 9.17) is 0 Å². The summed E-state index contributed by atoms with van der Waals surface area (Å²) in [7, 11) is 0. The van der Waals surface area contributed by atoms with E-state index in [0.29, 0.717) is 5.71 Å². The van der Waals surface area contributed by atoms with Gasteiger partial charge in [0.05, 0.1) is 11.3 Å². The Balaban J connectivity index is 2.01. The predicted octanol–water partition coefficient (Wildman–Crippen LogP) is 2.92. The maximum atomic E-state index is 11.9. The monoisotopic (exact) mass is 296 g/mol. The van der Waals surface area contributed by atoms with Crippen LogP contribution in [0.3, 0.4) is 0 Å². The second-order valence-corrected chi connectivity index (χ2v) is 4.64. The number of carbonyl (C=O) groups excluding carboxylic acids is 1. The SMILES string of the molecule is CC(/C=C/c1ccccc1)=N\NC(=O)c1ccc(O)cc1O. The van der Waals surface area contributed by atoms with Crippen LogP contribution >= 0.6 is 0 Å². The molecule has 112 valence electrons. The Kier molecular flexibility index (Phi) is 4.93. The number of allylic oxidation sites excluding steroid dienone is 1. The molecule has 1 amide bonds. The van der Waals surface area contributed by atoms with Crippen molar-refractivity contribution in [3.05, 3.63) is 65.7 Å². The van der Waals surface area contributed by atoms with Crippen molar-refractivity contribution >= 4 is 17.7 Å². The van der Waals surface area contributed by atoms with E-state index in [1.165, 1.54) is 12.1 Å². The smallest absolute Gasteiger partial charge is 0.275 e. The van der Waals surface area contributed by atoms with Gasteiger partial charge in [-0.25, -0.2) is 5.43 Å². The van der Waals surface area contributed by atoms with Crippen LogP contribution in [-0.4, -0.2) is 21.8 Å². The highest BCUT2D eigenvalue weighted by Gasteiger charge is 2.10. The number of hydrogen-bond acceptors (Lipinski definition) is 4. The molecule has 0 aromatic heterocycles. The van der Waals surface area contributed by atoms with E-state index < -0.39 is 5.91 Å². The Labute approximate surface area is 128 Å². The van der Waals surface area contributed by atoms with Crippen LogP contribution in [0.2, 0.25) is 0 Å². The largest absolute Gasteiger partial charge is 0.508 e. The number of amides is 1. The number of benzene rings is 2. The van der Waals surface area contributed by atoms with E-state index in [0.717, 1.165) is 11.6 Å². The van der Waals surface area contributed by atoms with Gasteiger partial charge in [-0.1, -0.05) is 36.4 Å². The van der Waals surface area contributed by atoms with Crippen LogP contribution in [0.15, 0.2) is 59.7 Å². The molecule has 0 radical (unpaired) electrons. The average Bonchev–Trinajstić information content (AvgIpc) is 2.51. The molecule has 0 aliphatic carbocycles. The lowest BCUT2D eigenvalue weighted by atomic mass is 10.2. The number of hydrazone groups is 1. The highest BCUT2D eigenvalue weighted by molar-refractivity contribution is 6.00. The van der Waals surface area contributed by atoms with Gasteiger partial charge in [0.25, 0.3) is 5.91 Å². The van der Waals surface area contributed by atoms with Crippen molar-refractivity contribution in [2.45, 2.75) is 6.92 Å². The first kappa shape index (κ1) is 15.3. The molecule has 0 saturated carbocycles. The quantitative estimate of drug-likeness (QED) is 0.599. The van der Waals surface area contributed by atoms with Crippen molar-refractivity contribution in [2.75, 3.05) is 0 Å². The van der Waals surface area contributed by atoms with Crippen LogP contribution in [0.5, 0.6) is 11.5 Å². The van der Waals surface area contributed by atoms with Crippen molar-refractivity contribution in [3.8, 4) is 11.5 Å². The van der Waals surface area contributed by atoms with E-state index in [2.05, 4.69) is 10.5 Å². The Morgan fingerprint density at radius 1 is 1.14 bits per heavy atom. The van der Waals surface area contributed by atoms with Gasteiger partial charge in [-0.05, 0) is 30.7 Å². The average molecular weight is 296 g/mol. The second-order valence-electron chi connectivity index (χ2n) is 4.64. The first-order chi connectivity index (χ1) is 10.6. The van der Waals surface area contributed by atoms with E-state index in [-0.39, 0.29) is 17.1 Å². The maximum Gasteiger partial charge on any atom is 0.275 e. The number of nitrogens with zero attached hydrogens (tertiary/aromatic N) is 1. The zero-order valence-corrected chi connectivity index (χ0v) is 12.0. The van der Waals surface area contributed by atoms with Crippen molar-refractivity contribution in [1.29, 1.82) is 0 Å². The van der Waals surface area contributed by atoms with Gasteiger partial charge < -0.3 is 10.2 Å². The van der Waals surface area contributed by atoms with Gasteiger partial charge in [0.1, 0.15) is 11.5 Å². The fourth-order valence-electron chi connectivity index (χ4n) is 1.73. The minimum absolute atomic E-state index is 0.0430. The van der Waals surface area contributed by atoms with Crippen LogP contribution in [0, 0.1) is 0 Å². The van der Waals surface area contributed by atoms with Gasteiger partial charge in [-0.2, -0.15) is 5.10 Å². The molecule has 2 rings (SSSR count). The molecule has 0 spiro atoms. The summed E-state index contributed by atoms with van der Waals surface area (Å²) < 4.78 is 0. The molecule has 0 aliphatic heterocycles. The topological polar surface area (TPSA) is 81.9 Å². The Hall–Kier alpha value is -3.08. The molecule has 0 heterocycles. The molecule has 22 heavy (non-hydrogen) atoms. The second kappa shape index (κ2) is 7.08. The number of aromatic hydroxyl groups is 2. The van der Waals surface area contributed by atoms with Crippen LogP contribution in [0.25, 0.3) is 6.08 Å². The molecule has 2 aromatic rings. The minimum atomic E-state index is -0.551. The molecule has 2 aromatic carbocycles. The molecular weight excluding hydrogens is 280 g/mol. The molecular formula is C17H16N2O3. The van der Waals surface area contributed by atoms with E-state index >= 15 is 0 Å². The zero-order valence-electron chi connectivity index (χ0n) is 12.0. The number of hydrogen-bond donors (Lipinski definition) is 3. The summed E-state index contributed by atoms with van der Waals surface area (Å²) in [4.78, 5) is 11.9. The highest BCUT2D eigenvalue weighted by Crippen LogP contribution is 2.22.